The van der Waals surface area contributed by atoms with Gasteiger partial charge in [0.1, 0.15) is 0 Å². The zero-order valence-electron chi connectivity index (χ0n) is 15.6. The summed E-state index contributed by atoms with van der Waals surface area (Å²) in [6.45, 7) is 11.8. The van der Waals surface area contributed by atoms with E-state index in [0.29, 0.717) is 12.6 Å². The molecule has 0 radical (unpaired) electrons. The Bertz CT molecular complexity index is 539. The van der Waals surface area contributed by atoms with Crippen molar-refractivity contribution in [2.75, 3.05) is 13.2 Å². The lowest BCUT2D eigenvalue weighted by molar-refractivity contribution is -0.0107. The number of likely N-dealkylation sites (tertiary alicyclic amines) is 1. The van der Waals surface area contributed by atoms with E-state index in [9.17, 15) is 0 Å². The van der Waals surface area contributed by atoms with Crippen LogP contribution in [0.5, 0.6) is 0 Å². The predicted molar refractivity (Wildman–Crippen MR) is 111 cm³/mol. The fourth-order valence-electron chi connectivity index (χ4n) is 3.65. The highest BCUT2D eigenvalue weighted by molar-refractivity contribution is 14.1. The molecule has 0 aliphatic carbocycles. The summed E-state index contributed by atoms with van der Waals surface area (Å²) < 4.78 is 7.45. The Kier molecular flexibility index (Phi) is 7.76. The van der Waals surface area contributed by atoms with Crippen molar-refractivity contribution in [2.24, 2.45) is 0 Å². The van der Waals surface area contributed by atoms with Gasteiger partial charge < -0.3 is 4.74 Å². The Morgan fingerprint density at radius 3 is 2.67 bits per heavy atom. The standard InChI is InChI=1S/C21H32INO/c1-5-17(2)14-21(4,23-13-7-6-8-18(23)3)16-24-15-19-9-11-20(22)12-10-19/h9-12,14,18H,5-8,13,15-16H2,1-4H3/b17-14-/t18-,21?/m1/s1. The van der Waals surface area contributed by atoms with Gasteiger partial charge >= 0.3 is 0 Å². The molecule has 134 valence electrons. The van der Waals surface area contributed by atoms with Crippen LogP contribution in [0, 0.1) is 3.57 Å². The average molecular weight is 441 g/mol. The zero-order chi connectivity index (χ0) is 17.6. The third-order valence-electron chi connectivity index (χ3n) is 5.15. The zero-order valence-corrected chi connectivity index (χ0v) is 17.8. The van der Waals surface area contributed by atoms with Crippen molar-refractivity contribution in [1.82, 2.24) is 4.90 Å². The van der Waals surface area contributed by atoms with E-state index in [1.807, 2.05) is 0 Å². The van der Waals surface area contributed by atoms with Crippen LogP contribution in [-0.2, 0) is 11.3 Å². The van der Waals surface area contributed by atoms with Gasteiger partial charge in [0.2, 0.25) is 0 Å². The van der Waals surface area contributed by atoms with Crippen LogP contribution in [0.3, 0.4) is 0 Å². The highest BCUT2D eigenvalue weighted by Gasteiger charge is 2.34. The topological polar surface area (TPSA) is 12.5 Å². The van der Waals surface area contributed by atoms with Crippen LogP contribution in [0.1, 0.15) is 58.9 Å². The summed E-state index contributed by atoms with van der Waals surface area (Å²) in [7, 11) is 0. The molecule has 0 saturated carbocycles. The van der Waals surface area contributed by atoms with E-state index in [1.54, 1.807) is 0 Å². The van der Waals surface area contributed by atoms with Crippen molar-refractivity contribution in [3.8, 4) is 0 Å². The Morgan fingerprint density at radius 2 is 2.04 bits per heavy atom. The predicted octanol–water partition coefficient (Wildman–Crippen LogP) is 5.80. The molecule has 0 spiro atoms. The first-order valence-electron chi connectivity index (χ1n) is 9.22. The van der Waals surface area contributed by atoms with Gasteiger partial charge in [0.25, 0.3) is 0 Å². The van der Waals surface area contributed by atoms with Gasteiger partial charge in [-0.1, -0.05) is 37.1 Å². The number of rotatable bonds is 7. The smallest absolute Gasteiger partial charge is 0.0718 e. The van der Waals surface area contributed by atoms with Gasteiger partial charge in [0, 0.05) is 9.61 Å². The lowest BCUT2D eigenvalue weighted by atomic mass is 9.91. The number of piperidine rings is 1. The van der Waals surface area contributed by atoms with Crippen LogP contribution in [-0.4, -0.2) is 29.6 Å². The summed E-state index contributed by atoms with van der Waals surface area (Å²) in [6, 6.07) is 9.25. The first-order chi connectivity index (χ1) is 11.4. The molecule has 2 atom stereocenters. The molecule has 1 saturated heterocycles. The van der Waals surface area contributed by atoms with E-state index < -0.39 is 0 Å². The average Bonchev–Trinajstić information content (AvgIpc) is 2.57. The van der Waals surface area contributed by atoms with Gasteiger partial charge in [-0.25, -0.2) is 0 Å². The maximum atomic E-state index is 6.18. The Hall–Kier alpha value is -0.390. The SMILES string of the molecule is CC/C(C)=C\C(C)(COCc1ccc(I)cc1)N1CCCC[C@H]1C. The van der Waals surface area contributed by atoms with Crippen LogP contribution in [0.4, 0.5) is 0 Å². The molecular formula is C21H32INO. The van der Waals surface area contributed by atoms with E-state index >= 15 is 0 Å². The lowest BCUT2D eigenvalue weighted by Gasteiger charge is -2.46. The molecule has 3 heteroatoms. The summed E-state index contributed by atoms with van der Waals surface area (Å²) in [5.41, 5.74) is 2.69. The largest absolute Gasteiger partial charge is 0.375 e. The highest BCUT2D eigenvalue weighted by atomic mass is 127. The molecule has 24 heavy (non-hydrogen) atoms. The summed E-state index contributed by atoms with van der Waals surface area (Å²) in [5.74, 6) is 0. The van der Waals surface area contributed by atoms with Crippen LogP contribution >= 0.6 is 22.6 Å². The molecule has 2 rings (SSSR count). The van der Waals surface area contributed by atoms with Crippen molar-refractivity contribution < 1.29 is 4.74 Å². The molecule has 1 unspecified atom stereocenters. The summed E-state index contributed by atoms with van der Waals surface area (Å²) in [6.07, 6.45) is 7.51. The molecule has 1 aromatic rings. The summed E-state index contributed by atoms with van der Waals surface area (Å²) in [4.78, 5) is 2.66. The third kappa shape index (κ3) is 5.57. The van der Waals surface area contributed by atoms with Crippen molar-refractivity contribution in [2.45, 2.75) is 71.6 Å². The summed E-state index contributed by atoms with van der Waals surface area (Å²) in [5, 5.41) is 0. The minimum absolute atomic E-state index is 0.0108. The quantitative estimate of drug-likeness (QED) is 0.392. The van der Waals surface area contributed by atoms with Gasteiger partial charge in [-0.05, 0) is 86.9 Å². The first-order valence-corrected chi connectivity index (χ1v) is 10.3. The summed E-state index contributed by atoms with van der Waals surface area (Å²) >= 11 is 2.34. The molecule has 2 nitrogen and oxygen atoms in total. The maximum Gasteiger partial charge on any atom is 0.0718 e. The normalized spacial score (nSPS) is 22.4. The van der Waals surface area contributed by atoms with Crippen LogP contribution in [0.15, 0.2) is 35.9 Å². The fourth-order valence-corrected chi connectivity index (χ4v) is 4.01. The minimum atomic E-state index is -0.0108. The van der Waals surface area contributed by atoms with E-state index in [2.05, 4.69) is 85.5 Å². The van der Waals surface area contributed by atoms with E-state index in [4.69, 9.17) is 4.74 Å². The lowest BCUT2D eigenvalue weighted by Crippen LogP contribution is -2.54. The minimum Gasteiger partial charge on any atom is -0.375 e. The number of hydrogen-bond donors (Lipinski definition) is 0. The molecule has 1 aromatic carbocycles. The molecule has 1 aliphatic rings. The number of hydrogen-bond acceptors (Lipinski definition) is 2. The fraction of sp³-hybridized carbons (Fsp3) is 0.619. The first kappa shape index (κ1) is 19.9. The third-order valence-corrected chi connectivity index (χ3v) is 5.87. The number of ether oxygens (including phenoxy) is 1. The monoisotopic (exact) mass is 441 g/mol. The number of halogens is 1. The number of benzene rings is 1. The molecular weight excluding hydrogens is 409 g/mol. The second-order valence-electron chi connectivity index (χ2n) is 7.36. The van der Waals surface area contributed by atoms with Gasteiger partial charge in [-0.3, -0.25) is 4.90 Å². The van der Waals surface area contributed by atoms with Crippen molar-refractivity contribution in [1.29, 1.82) is 0 Å². The van der Waals surface area contributed by atoms with Gasteiger partial charge in [-0.2, -0.15) is 0 Å². The Labute approximate surface area is 161 Å². The van der Waals surface area contributed by atoms with Gasteiger partial charge in [0.15, 0.2) is 0 Å². The van der Waals surface area contributed by atoms with Gasteiger partial charge in [0.05, 0.1) is 18.8 Å². The second kappa shape index (κ2) is 9.35. The van der Waals surface area contributed by atoms with Crippen LogP contribution in [0.2, 0.25) is 0 Å². The molecule has 1 fully saturated rings. The van der Waals surface area contributed by atoms with E-state index in [0.717, 1.165) is 13.0 Å². The highest BCUT2D eigenvalue weighted by Crippen LogP contribution is 2.29. The second-order valence-corrected chi connectivity index (χ2v) is 8.60. The van der Waals surface area contributed by atoms with Crippen molar-refractivity contribution in [3.05, 3.63) is 45.0 Å². The molecule has 0 bridgehead atoms. The number of allylic oxidation sites excluding steroid dienone is 1. The van der Waals surface area contributed by atoms with Crippen molar-refractivity contribution >= 4 is 22.6 Å². The van der Waals surface area contributed by atoms with Crippen molar-refractivity contribution in [3.63, 3.8) is 0 Å². The molecule has 0 amide bonds. The Balaban J connectivity index is 2.06. The van der Waals surface area contributed by atoms with Gasteiger partial charge in [-0.15, -0.1) is 0 Å². The molecule has 1 heterocycles. The number of nitrogens with zero attached hydrogens (tertiary/aromatic N) is 1. The van der Waals surface area contributed by atoms with Crippen LogP contribution in [0.25, 0.3) is 0 Å². The van der Waals surface area contributed by atoms with E-state index in [1.165, 1.54) is 40.5 Å². The van der Waals surface area contributed by atoms with Crippen LogP contribution < -0.4 is 0 Å². The molecule has 0 aromatic heterocycles. The van der Waals surface area contributed by atoms with E-state index in [-0.39, 0.29) is 5.54 Å². The maximum absolute atomic E-state index is 6.18. The molecule has 1 aliphatic heterocycles. The molecule has 0 N–H and O–H groups in total. The Morgan fingerprint density at radius 1 is 1.33 bits per heavy atom.